The number of nitrogens with zero attached hydrogens (tertiary/aromatic N) is 1. The molecule has 0 fully saturated rings. The van der Waals surface area contributed by atoms with Crippen molar-refractivity contribution in [3.8, 4) is 5.75 Å². The summed E-state index contributed by atoms with van der Waals surface area (Å²) in [5, 5.41) is 14.4. The summed E-state index contributed by atoms with van der Waals surface area (Å²) in [6.07, 6.45) is 0.125. The first-order valence-electron chi connectivity index (χ1n) is 5.03. The molecule has 0 unspecified atom stereocenters. The van der Waals surface area contributed by atoms with Crippen LogP contribution < -0.4 is 11.1 Å². The minimum absolute atomic E-state index is 0.0179. The third-order valence-corrected chi connectivity index (χ3v) is 3.36. The molecule has 1 heterocycles. The Labute approximate surface area is 116 Å². The molecule has 18 heavy (non-hydrogen) atoms. The Morgan fingerprint density at radius 1 is 1.56 bits per heavy atom. The van der Waals surface area contributed by atoms with Gasteiger partial charge in [-0.1, -0.05) is 15.9 Å². The maximum absolute atomic E-state index is 11.7. The Morgan fingerprint density at radius 3 is 3.00 bits per heavy atom. The number of benzene rings is 1. The summed E-state index contributed by atoms with van der Waals surface area (Å²) in [6, 6.07) is 4.81. The van der Waals surface area contributed by atoms with E-state index in [1.54, 1.807) is 17.5 Å². The highest BCUT2D eigenvalue weighted by Crippen LogP contribution is 2.26. The van der Waals surface area contributed by atoms with Crippen molar-refractivity contribution in [1.29, 1.82) is 0 Å². The monoisotopic (exact) mass is 327 g/mol. The zero-order valence-electron chi connectivity index (χ0n) is 9.18. The van der Waals surface area contributed by atoms with Gasteiger partial charge < -0.3 is 16.2 Å². The lowest BCUT2D eigenvalue weighted by Crippen LogP contribution is -2.14. The van der Waals surface area contributed by atoms with Gasteiger partial charge in [0, 0.05) is 9.85 Å². The average Bonchev–Trinajstić information content (AvgIpc) is 2.69. The summed E-state index contributed by atoms with van der Waals surface area (Å²) >= 11 is 4.55. The van der Waals surface area contributed by atoms with Gasteiger partial charge in [-0.15, -0.1) is 11.3 Å². The number of anilines is 2. The van der Waals surface area contributed by atoms with Crippen LogP contribution in [0.1, 0.15) is 5.69 Å². The molecule has 2 aromatic rings. The number of amides is 1. The van der Waals surface area contributed by atoms with Crippen LogP contribution in [-0.2, 0) is 11.2 Å². The second-order valence-corrected chi connectivity index (χ2v) is 5.37. The fourth-order valence-corrected chi connectivity index (χ4v) is 2.29. The molecular formula is C11H10BrN3O2S. The summed E-state index contributed by atoms with van der Waals surface area (Å²) in [7, 11) is 0. The molecule has 0 radical (unpaired) electrons. The molecule has 94 valence electrons. The van der Waals surface area contributed by atoms with Crippen LogP contribution in [0, 0.1) is 0 Å². The van der Waals surface area contributed by atoms with Crippen LogP contribution in [0.4, 0.5) is 10.8 Å². The lowest BCUT2D eigenvalue weighted by molar-refractivity contribution is -0.115. The second kappa shape index (κ2) is 5.36. The van der Waals surface area contributed by atoms with Crippen LogP contribution >= 0.6 is 27.3 Å². The van der Waals surface area contributed by atoms with Crippen molar-refractivity contribution in [2.75, 3.05) is 11.1 Å². The number of hydrogen-bond donors (Lipinski definition) is 3. The Kier molecular flexibility index (Phi) is 3.83. The molecule has 7 heteroatoms. The topological polar surface area (TPSA) is 88.2 Å². The molecule has 0 aliphatic rings. The molecule has 0 saturated carbocycles. The zero-order valence-corrected chi connectivity index (χ0v) is 11.6. The minimum atomic E-state index is -0.256. The number of rotatable bonds is 3. The SMILES string of the molecule is Nc1nc(CC(=O)Nc2cc(Br)ccc2O)cs1. The van der Waals surface area contributed by atoms with Crippen molar-refractivity contribution in [2.45, 2.75) is 6.42 Å². The molecule has 1 amide bonds. The van der Waals surface area contributed by atoms with E-state index < -0.39 is 0 Å². The van der Waals surface area contributed by atoms with Gasteiger partial charge in [-0.3, -0.25) is 4.79 Å². The van der Waals surface area contributed by atoms with Crippen molar-refractivity contribution in [3.05, 3.63) is 33.7 Å². The molecule has 0 atom stereocenters. The Balaban J connectivity index is 2.05. The van der Waals surface area contributed by atoms with E-state index in [0.29, 0.717) is 16.5 Å². The molecule has 4 N–H and O–H groups in total. The van der Waals surface area contributed by atoms with E-state index in [1.807, 2.05) is 0 Å². The van der Waals surface area contributed by atoms with E-state index in [1.165, 1.54) is 17.4 Å². The lowest BCUT2D eigenvalue weighted by atomic mass is 10.2. The quantitative estimate of drug-likeness (QED) is 0.755. The number of nitrogen functional groups attached to an aromatic ring is 1. The largest absolute Gasteiger partial charge is 0.506 e. The third kappa shape index (κ3) is 3.21. The number of hydrogen-bond acceptors (Lipinski definition) is 5. The first kappa shape index (κ1) is 12.8. The van der Waals surface area contributed by atoms with Gasteiger partial charge in [0.15, 0.2) is 5.13 Å². The van der Waals surface area contributed by atoms with Gasteiger partial charge in [0.1, 0.15) is 5.75 Å². The van der Waals surface area contributed by atoms with Crippen LogP contribution in [-0.4, -0.2) is 16.0 Å². The maximum atomic E-state index is 11.7. The van der Waals surface area contributed by atoms with Crippen LogP contribution in [0.5, 0.6) is 5.75 Å². The van der Waals surface area contributed by atoms with Crippen LogP contribution in [0.25, 0.3) is 0 Å². The Morgan fingerprint density at radius 2 is 2.33 bits per heavy atom. The molecule has 5 nitrogen and oxygen atoms in total. The number of aromatic nitrogens is 1. The molecule has 0 spiro atoms. The molecule has 1 aromatic carbocycles. The van der Waals surface area contributed by atoms with E-state index in [4.69, 9.17) is 5.73 Å². The highest BCUT2D eigenvalue weighted by Gasteiger charge is 2.09. The first-order chi connectivity index (χ1) is 8.54. The van der Waals surface area contributed by atoms with Crippen molar-refractivity contribution >= 4 is 44.0 Å². The summed E-state index contributed by atoms with van der Waals surface area (Å²) in [5.74, 6) is -0.238. The van der Waals surface area contributed by atoms with Crippen LogP contribution in [0.2, 0.25) is 0 Å². The fourth-order valence-electron chi connectivity index (χ4n) is 1.37. The Hall–Kier alpha value is -1.60. The van der Waals surface area contributed by atoms with E-state index >= 15 is 0 Å². The highest BCUT2D eigenvalue weighted by atomic mass is 79.9. The maximum Gasteiger partial charge on any atom is 0.230 e. The molecule has 0 aliphatic heterocycles. The van der Waals surface area contributed by atoms with Gasteiger partial charge in [-0.05, 0) is 18.2 Å². The molecule has 2 rings (SSSR count). The number of nitrogens with one attached hydrogen (secondary N) is 1. The van der Waals surface area contributed by atoms with Crippen molar-refractivity contribution in [1.82, 2.24) is 4.98 Å². The third-order valence-electron chi connectivity index (χ3n) is 2.14. The zero-order chi connectivity index (χ0) is 13.1. The van der Waals surface area contributed by atoms with Gasteiger partial charge in [0.25, 0.3) is 0 Å². The van der Waals surface area contributed by atoms with Gasteiger partial charge >= 0.3 is 0 Å². The molecule has 0 aliphatic carbocycles. The molecule has 0 saturated heterocycles. The van der Waals surface area contributed by atoms with Gasteiger partial charge in [-0.2, -0.15) is 0 Å². The number of nitrogens with two attached hydrogens (primary N) is 1. The molecule has 0 bridgehead atoms. The fraction of sp³-hybridized carbons (Fsp3) is 0.0909. The van der Waals surface area contributed by atoms with Gasteiger partial charge in [-0.25, -0.2) is 4.98 Å². The molecular weight excluding hydrogens is 318 g/mol. The standard InChI is InChI=1S/C11H10BrN3O2S/c12-6-1-2-9(16)8(3-6)15-10(17)4-7-5-18-11(13)14-7/h1-3,5,16H,4H2,(H2,13,14)(H,15,17). The number of carbonyl (C=O) groups is 1. The summed E-state index contributed by atoms with van der Waals surface area (Å²) in [5.41, 5.74) is 6.45. The van der Waals surface area contributed by atoms with Crippen molar-refractivity contribution < 1.29 is 9.90 Å². The number of aromatic hydroxyl groups is 1. The smallest absolute Gasteiger partial charge is 0.230 e. The van der Waals surface area contributed by atoms with Crippen LogP contribution in [0.15, 0.2) is 28.1 Å². The van der Waals surface area contributed by atoms with Gasteiger partial charge in [0.05, 0.1) is 17.8 Å². The van der Waals surface area contributed by atoms with E-state index in [0.717, 1.165) is 4.47 Å². The highest BCUT2D eigenvalue weighted by molar-refractivity contribution is 9.10. The summed E-state index contributed by atoms with van der Waals surface area (Å²) in [6.45, 7) is 0. The van der Waals surface area contributed by atoms with Crippen LogP contribution in [0.3, 0.4) is 0 Å². The number of phenols is 1. The second-order valence-electron chi connectivity index (χ2n) is 3.56. The number of carbonyl (C=O) groups excluding carboxylic acids is 1. The summed E-state index contributed by atoms with van der Waals surface area (Å²) < 4.78 is 0.772. The van der Waals surface area contributed by atoms with E-state index in [2.05, 4.69) is 26.2 Å². The number of thiazole rings is 1. The number of halogens is 1. The van der Waals surface area contributed by atoms with Crippen molar-refractivity contribution in [2.24, 2.45) is 0 Å². The summed E-state index contributed by atoms with van der Waals surface area (Å²) in [4.78, 5) is 15.7. The predicted octanol–water partition coefficient (Wildman–Crippen LogP) is 2.37. The first-order valence-corrected chi connectivity index (χ1v) is 6.70. The van der Waals surface area contributed by atoms with Gasteiger partial charge in [0.2, 0.25) is 5.91 Å². The average molecular weight is 328 g/mol. The predicted molar refractivity (Wildman–Crippen MR) is 74.7 cm³/mol. The minimum Gasteiger partial charge on any atom is -0.506 e. The van der Waals surface area contributed by atoms with E-state index in [9.17, 15) is 9.90 Å². The Bertz CT molecular complexity index is 585. The lowest BCUT2D eigenvalue weighted by Gasteiger charge is -2.06. The van der Waals surface area contributed by atoms with E-state index in [-0.39, 0.29) is 18.1 Å². The normalized spacial score (nSPS) is 10.3. The molecule has 1 aromatic heterocycles. The van der Waals surface area contributed by atoms with Crippen molar-refractivity contribution in [3.63, 3.8) is 0 Å². The number of phenolic OH excluding ortho intramolecular Hbond substituents is 1.